The predicted octanol–water partition coefficient (Wildman–Crippen LogP) is 2.95. The van der Waals surface area contributed by atoms with Crippen LogP contribution in [0.1, 0.15) is 31.7 Å². The van der Waals surface area contributed by atoms with Crippen LogP contribution in [-0.4, -0.2) is 55.0 Å². The molecule has 1 unspecified atom stereocenters. The minimum absolute atomic E-state index is 0. The van der Waals surface area contributed by atoms with Crippen LogP contribution in [0.25, 0.3) is 0 Å². The zero-order valence-corrected chi connectivity index (χ0v) is 16.9. The average Bonchev–Trinajstić information content (AvgIpc) is 2.89. The highest BCUT2D eigenvalue weighted by Gasteiger charge is 2.46. The number of nitrogens with one attached hydrogen (secondary N) is 1. The lowest BCUT2D eigenvalue weighted by molar-refractivity contribution is -0.136. The van der Waals surface area contributed by atoms with Crippen LogP contribution in [0, 0.1) is 5.41 Å². The number of hydrogen-bond acceptors (Lipinski definition) is 3. The first-order valence-corrected chi connectivity index (χ1v) is 8.87. The molecule has 2 saturated heterocycles. The number of piperidine rings is 1. The highest BCUT2D eigenvalue weighted by Crippen LogP contribution is 2.41. The van der Waals surface area contributed by atoms with E-state index in [4.69, 9.17) is 0 Å². The fourth-order valence-corrected chi connectivity index (χ4v) is 4.23. The molecule has 2 aliphatic heterocycles. The lowest BCUT2D eigenvalue weighted by atomic mass is 9.77. The molecule has 142 valence electrons. The summed E-state index contributed by atoms with van der Waals surface area (Å²) in [7, 11) is 2.12. The molecule has 0 saturated carbocycles. The van der Waals surface area contributed by atoms with E-state index in [1.54, 1.807) is 0 Å². The van der Waals surface area contributed by atoms with Crippen LogP contribution >= 0.6 is 24.8 Å². The maximum atomic E-state index is 13.1. The molecule has 0 bridgehead atoms. The molecule has 25 heavy (non-hydrogen) atoms. The van der Waals surface area contributed by atoms with E-state index in [0.717, 1.165) is 39.1 Å². The Kier molecular flexibility index (Phi) is 8.69. The lowest BCUT2D eigenvalue weighted by Crippen LogP contribution is -2.43. The first-order chi connectivity index (χ1) is 11.1. The third kappa shape index (κ3) is 5.10. The normalized spacial score (nSPS) is 22.1. The monoisotopic (exact) mass is 387 g/mol. The van der Waals surface area contributed by atoms with Gasteiger partial charge in [0, 0.05) is 19.6 Å². The summed E-state index contributed by atoms with van der Waals surface area (Å²) in [5.74, 6) is 0.300. The number of likely N-dealkylation sites (tertiary alicyclic amines) is 1. The molecule has 6 heteroatoms. The van der Waals surface area contributed by atoms with Crippen molar-refractivity contribution < 1.29 is 4.79 Å². The molecule has 2 fully saturated rings. The van der Waals surface area contributed by atoms with Crippen molar-refractivity contribution in [3.8, 4) is 0 Å². The van der Waals surface area contributed by atoms with Crippen LogP contribution in [0.3, 0.4) is 0 Å². The number of carbonyl (C=O) groups is 1. The summed E-state index contributed by atoms with van der Waals surface area (Å²) in [5, 5.41) is 3.45. The maximum absolute atomic E-state index is 13.1. The van der Waals surface area contributed by atoms with Gasteiger partial charge in [0.25, 0.3) is 0 Å². The number of likely N-dealkylation sites (N-methyl/N-ethyl adjacent to an activating group) is 2. The van der Waals surface area contributed by atoms with E-state index in [1.165, 1.54) is 18.4 Å². The van der Waals surface area contributed by atoms with Crippen LogP contribution in [0.15, 0.2) is 30.3 Å². The first-order valence-electron chi connectivity index (χ1n) is 8.87. The van der Waals surface area contributed by atoms with Gasteiger partial charge in [-0.05, 0) is 57.3 Å². The van der Waals surface area contributed by atoms with E-state index >= 15 is 0 Å². The van der Waals surface area contributed by atoms with Gasteiger partial charge in [-0.3, -0.25) is 9.69 Å². The van der Waals surface area contributed by atoms with Crippen molar-refractivity contribution in [1.29, 1.82) is 0 Å². The molecule has 1 N–H and O–H groups in total. The van der Waals surface area contributed by atoms with Gasteiger partial charge in [0.05, 0.1) is 6.04 Å². The lowest BCUT2D eigenvalue weighted by Gasteiger charge is -2.33. The van der Waals surface area contributed by atoms with E-state index in [2.05, 4.69) is 36.3 Å². The highest BCUT2D eigenvalue weighted by molar-refractivity contribution is 5.85. The zero-order chi connectivity index (χ0) is 16.3. The van der Waals surface area contributed by atoms with E-state index < -0.39 is 0 Å². The minimum atomic E-state index is 0. The summed E-state index contributed by atoms with van der Waals surface area (Å²) >= 11 is 0. The smallest absolute Gasteiger partial charge is 0.240 e. The molecule has 1 atom stereocenters. The van der Waals surface area contributed by atoms with Crippen LogP contribution in [0.5, 0.6) is 0 Å². The third-order valence-electron chi connectivity index (χ3n) is 5.60. The zero-order valence-electron chi connectivity index (χ0n) is 15.2. The Bertz CT molecular complexity index is 535. The van der Waals surface area contributed by atoms with Crippen molar-refractivity contribution in [3.63, 3.8) is 0 Å². The van der Waals surface area contributed by atoms with Crippen molar-refractivity contribution in [2.75, 3.05) is 33.2 Å². The second-order valence-corrected chi connectivity index (χ2v) is 7.22. The van der Waals surface area contributed by atoms with E-state index in [-0.39, 0.29) is 30.9 Å². The fraction of sp³-hybridized carbons (Fsp3) is 0.632. The van der Waals surface area contributed by atoms with Gasteiger partial charge in [0.1, 0.15) is 0 Å². The molecule has 1 aromatic rings. The number of hydrogen-bond donors (Lipinski definition) is 1. The summed E-state index contributed by atoms with van der Waals surface area (Å²) in [5.41, 5.74) is 1.56. The van der Waals surface area contributed by atoms with Gasteiger partial charge >= 0.3 is 0 Å². The molecule has 4 nitrogen and oxygen atoms in total. The van der Waals surface area contributed by atoms with Crippen LogP contribution < -0.4 is 5.32 Å². The van der Waals surface area contributed by atoms with Crippen molar-refractivity contribution in [1.82, 2.24) is 15.1 Å². The standard InChI is InChI=1S/C19H29N3O.2ClH/c1-3-22(14-16-7-5-4-6-8-16)18(23)17-13-19(15-21(17)2)9-11-20-12-10-19;;/h4-8,17,20H,3,9-15H2,1-2H3;2*1H. The largest absolute Gasteiger partial charge is 0.337 e. The number of benzene rings is 1. The van der Waals surface area contributed by atoms with Crippen molar-refractivity contribution in [2.24, 2.45) is 5.41 Å². The van der Waals surface area contributed by atoms with Gasteiger partial charge in [-0.1, -0.05) is 30.3 Å². The molecule has 1 spiro atoms. The van der Waals surface area contributed by atoms with Gasteiger partial charge in [-0.2, -0.15) is 0 Å². The quantitative estimate of drug-likeness (QED) is 0.862. The van der Waals surface area contributed by atoms with Gasteiger partial charge in [0.2, 0.25) is 5.91 Å². The minimum Gasteiger partial charge on any atom is -0.337 e. The Hall–Kier alpha value is -0.810. The number of nitrogens with zero attached hydrogens (tertiary/aromatic N) is 2. The number of amides is 1. The Morgan fingerprint density at radius 2 is 1.88 bits per heavy atom. The maximum Gasteiger partial charge on any atom is 0.240 e. The topological polar surface area (TPSA) is 35.6 Å². The van der Waals surface area contributed by atoms with Gasteiger partial charge in [-0.25, -0.2) is 0 Å². The number of rotatable bonds is 4. The molecule has 0 radical (unpaired) electrons. The molecule has 1 amide bonds. The molecule has 0 aliphatic carbocycles. The second-order valence-electron chi connectivity index (χ2n) is 7.22. The van der Waals surface area contributed by atoms with E-state index in [1.807, 2.05) is 23.1 Å². The van der Waals surface area contributed by atoms with Crippen molar-refractivity contribution in [3.05, 3.63) is 35.9 Å². The Balaban J connectivity index is 0.00000156. The first kappa shape index (κ1) is 22.2. The van der Waals surface area contributed by atoms with Crippen LogP contribution in [-0.2, 0) is 11.3 Å². The van der Waals surface area contributed by atoms with Crippen molar-refractivity contribution in [2.45, 2.75) is 38.8 Å². The molecule has 0 aromatic heterocycles. The van der Waals surface area contributed by atoms with Gasteiger partial charge in [-0.15, -0.1) is 24.8 Å². The van der Waals surface area contributed by atoms with Gasteiger partial charge < -0.3 is 10.2 Å². The van der Waals surface area contributed by atoms with Crippen molar-refractivity contribution >= 4 is 30.7 Å². The van der Waals surface area contributed by atoms with E-state index in [9.17, 15) is 4.79 Å². The van der Waals surface area contributed by atoms with Crippen LogP contribution in [0.2, 0.25) is 0 Å². The highest BCUT2D eigenvalue weighted by atomic mass is 35.5. The summed E-state index contributed by atoms with van der Waals surface area (Å²) < 4.78 is 0. The average molecular weight is 388 g/mol. The molecule has 3 rings (SSSR count). The Morgan fingerprint density at radius 1 is 1.24 bits per heavy atom. The summed E-state index contributed by atoms with van der Waals surface area (Å²) in [4.78, 5) is 17.4. The van der Waals surface area contributed by atoms with Crippen LogP contribution in [0.4, 0.5) is 0 Å². The molecule has 1 aromatic carbocycles. The molecule has 2 aliphatic rings. The predicted molar refractivity (Wildman–Crippen MR) is 108 cm³/mol. The Morgan fingerprint density at radius 3 is 2.48 bits per heavy atom. The number of halogens is 2. The SMILES string of the molecule is CCN(Cc1ccccc1)C(=O)C1CC2(CCNCC2)CN1C.Cl.Cl. The third-order valence-corrected chi connectivity index (χ3v) is 5.60. The number of carbonyl (C=O) groups excluding carboxylic acids is 1. The van der Waals surface area contributed by atoms with E-state index in [0.29, 0.717) is 11.3 Å². The molecular formula is C19H31Cl2N3O. The molecular weight excluding hydrogens is 357 g/mol. The summed E-state index contributed by atoms with van der Waals surface area (Å²) in [6.45, 7) is 6.82. The van der Waals surface area contributed by atoms with Gasteiger partial charge in [0.15, 0.2) is 0 Å². The Labute approximate surface area is 164 Å². The molecule has 2 heterocycles. The summed E-state index contributed by atoms with van der Waals surface area (Å²) in [6.07, 6.45) is 3.42. The second kappa shape index (κ2) is 9.77. The fourth-order valence-electron chi connectivity index (χ4n) is 4.23. The summed E-state index contributed by atoms with van der Waals surface area (Å²) in [6, 6.07) is 10.4.